The molecule has 2 nitrogen and oxygen atoms in total. The van der Waals surface area contributed by atoms with Crippen LogP contribution in [-0.2, 0) is 4.43 Å². The van der Waals surface area contributed by atoms with Crippen molar-refractivity contribution in [3.63, 3.8) is 0 Å². The fourth-order valence-electron chi connectivity index (χ4n) is 0.800. The Morgan fingerprint density at radius 2 is 1.54 bits per heavy atom. The van der Waals surface area contributed by atoms with Crippen LogP contribution in [0.15, 0.2) is 0 Å². The van der Waals surface area contributed by atoms with E-state index in [1.54, 1.807) is 19.6 Å². The van der Waals surface area contributed by atoms with Gasteiger partial charge in [0.15, 0.2) is 14.5 Å². The monoisotopic (exact) mass is 215 g/mol. The fraction of sp³-hybridized carbons (Fsp3) is 1.00. The predicted molar refractivity (Wildman–Crippen MR) is 48.0 cm³/mol. The Morgan fingerprint density at radius 3 is 1.62 bits per heavy atom. The predicted octanol–water partition coefficient (Wildman–Crippen LogP) is 2.29. The Morgan fingerprint density at radius 1 is 1.15 bits per heavy atom. The first-order chi connectivity index (χ1) is 5.54. The quantitative estimate of drug-likeness (QED) is 0.529. The second-order valence-electron chi connectivity index (χ2n) is 4.09. The van der Waals surface area contributed by atoms with Crippen molar-refractivity contribution < 1.29 is 17.6 Å². The van der Waals surface area contributed by atoms with Crippen molar-refractivity contribution >= 4 is 8.32 Å². The fourth-order valence-corrected chi connectivity index (χ4v) is 1.81. The molecular weight excluding hydrogens is 199 g/mol. The molecule has 6 heteroatoms. The number of nitrogens with zero attached hydrogens (tertiary/aromatic N) is 1. The Balaban J connectivity index is 4.47. The smallest absolute Gasteiger partial charge is 0.395 e. The third kappa shape index (κ3) is 5.27. The molecule has 0 amide bonds. The number of rotatable bonds is 3. The van der Waals surface area contributed by atoms with E-state index in [9.17, 15) is 13.2 Å². The summed E-state index contributed by atoms with van der Waals surface area (Å²) in [5.41, 5.74) is 0. The summed E-state index contributed by atoms with van der Waals surface area (Å²) in [6.07, 6.45) is -6.09. The molecule has 0 N–H and O–H groups in total. The Kier molecular flexibility index (Phi) is 3.95. The highest BCUT2D eigenvalue weighted by molar-refractivity contribution is 6.69. The molecule has 0 bridgehead atoms. The maximum atomic E-state index is 12.4. The van der Waals surface area contributed by atoms with E-state index in [2.05, 4.69) is 0 Å². The van der Waals surface area contributed by atoms with Gasteiger partial charge in [0.2, 0.25) is 0 Å². The van der Waals surface area contributed by atoms with Crippen LogP contribution in [0.1, 0.15) is 0 Å². The van der Waals surface area contributed by atoms with Gasteiger partial charge in [0, 0.05) is 0 Å². The Hall–Kier alpha value is -0.0731. The summed E-state index contributed by atoms with van der Waals surface area (Å²) in [5, 5.41) is 0. The molecule has 0 rings (SSSR count). The van der Waals surface area contributed by atoms with Crippen LogP contribution in [0.25, 0.3) is 0 Å². The zero-order chi connectivity index (χ0) is 10.9. The van der Waals surface area contributed by atoms with Crippen LogP contribution in [0, 0.1) is 0 Å². The van der Waals surface area contributed by atoms with Crippen LogP contribution in [0.3, 0.4) is 0 Å². The molecular formula is C7H16F3NOSi. The van der Waals surface area contributed by atoms with Crippen molar-refractivity contribution in [1.82, 2.24) is 4.90 Å². The molecule has 13 heavy (non-hydrogen) atoms. The van der Waals surface area contributed by atoms with Gasteiger partial charge in [0.25, 0.3) is 0 Å². The zero-order valence-corrected chi connectivity index (χ0v) is 9.57. The Bertz CT molecular complexity index is 164. The summed E-state index contributed by atoms with van der Waals surface area (Å²) in [7, 11) is 0.564. The van der Waals surface area contributed by atoms with Gasteiger partial charge in [-0.1, -0.05) is 0 Å². The van der Waals surface area contributed by atoms with Crippen molar-refractivity contribution in [3.05, 3.63) is 0 Å². The first-order valence-electron chi connectivity index (χ1n) is 3.95. The molecule has 0 heterocycles. The summed E-state index contributed by atoms with van der Waals surface area (Å²) in [6, 6.07) is 0. The van der Waals surface area contributed by atoms with Crippen LogP contribution in [0.4, 0.5) is 13.2 Å². The number of hydrogen-bond acceptors (Lipinski definition) is 2. The van der Waals surface area contributed by atoms with E-state index in [4.69, 9.17) is 4.43 Å². The normalized spacial score (nSPS) is 16.4. The number of halogens is 3. The lowest BCUT2D eigenvalue weighted by Gasteiger charge is -2.32. The summed E-state index contributed by atoms with van der Waals surface area (Å²) >= 11 is 0. The molecule has 0 aliphatic heterocycles. The van der Waals surface area contributed by atoms with Crippen molar-refractivity contribution in [1.29, 1.82) is 0 Å². The molecule has 0 saturated heterocycles. The largest absolute Gasteiger partial charge is 0.427 e. The maximum Gasteiger partial charge on any atom is 0.427 e. The van der Waals surface area contributed by atoms with Gasteiger partial charge in [-0.3, -0.25) is 4.90 Å². The average molecular weight is 215 g/mol. The lowest BCUT2D eigenvalue weighted by Crippen LogP contribution is -2.49. The van der Waals surface area contributed by atoms with Crippen molar-refractivity contribution in [2.45, 2.75) is 32.0 Å². The molecule has 0 fully saturated rings. The molecule has 1 unspecified atom stereocenters. The van der Waals surface area contributed by atoms with Crippen LogP contribution in [0.5, 0.6) is 0 Å². The van der Waals surface area contributed by atoms with Crippen molar-refractivity contribution in [2.24, 2.45) is 0 Å². The molecule has 0 aromatic rings. The van der Waals surface area contributed by atoms with E-state index in [0.29, 0.717) is 0 Å². The molecule has 0 spiro atoms. The van der Waals surface area contributed by atoms with Crippen molar-refractivity contribution in [2.75, 3.05) is 14.1 Å². The van der Waals surface area contributed by atoms with Crippen molar-refractivity contribution in [3.8, 4) is 0 Å². The third-order valence-corrected chi connectivity index (χ3v) is 2.14. The second-order valence-corrected chi connectivity index (χ2v) is 8.55. The van der Waals surface area contributed by atoms with Crippen LogP contribution in [-0.4, -0.2) is 39.7 Å². The number of hydrogen-bond donors (Lipinski definition) is 0. The van der Waals surface area contributed by atoms with E-state index in [1.807, 2.05) is 0 Å². The lowest BCUT2D eigenvalue weighted by atomic mass is 10.5. The van der Waals surface area contributed by atoms with E-state index in [1.165, 1.54) is 14.1 Å². The summed E-state index contributed by atoms with van der Waals surface area (Å²) < 4.78 is 42.1. The molecule has 0 aliphatic rings. The van der Waals surface area contributed by atoms with Gasteiger partial charge in [0.1, 0.15) is 0 Å². The minimum Gasteiger partial charge on any atom is -0.395 e. The lowest BCUT2D eigenvalue weighted by molar-refractivity contribution is -0.234. The highest BCUT2D eigenvalue weighted by Gasteiger charge is 2.44. The summed E-state index contributed by atoms with van der Waals surface area (Å²) in [5.74, 6) is 0. The van der Waals surface area contributed by atoms with Gasteiger partial charge in [0.05, 0.1) is 0 Å². The van der Waals surface area contributed by atoms with Gasteiger partial charge >= 0.3 is 6.18 Å². The topological polar surface area (TPSA) is 12.5 Å². The SMILES string of the molecule is CN(C)C(O[Si](C)(C)C)C(F)(F)F. The van der Waals surface area contributed by atoms with E-state index >= 15 is 0 Å². The second kappa shape index (κ2) is 3.98. The number of alkyl halides is 3. The summed E-state index contributed by atoms with van der Waals surface area (Å²) in [4.78, 5) is 1.04. The van der Waals surface area contributed by atoms with E-state index in [-0.39, 0.29) is 0 Å². The van der Waals surface area contributed by atoms with Gasteiger partial charge in [-0.15, -0.1) is 0 Å². The minimum absolute atomic E-state index is 1.04. The van der Waals surface area contributed by atoms with Gasteiger partial charge in [-0.05, 0) is 33.7 Å². The van der Waals surface area contributed by atoms with Gasteiger partial charge in [-0.25, -0.2) is 0 Å². The molecule has 0 radical (unpaired) electrons. The van der Waals surface area contributed by atoms with Gasteiger partial charge in [-0.2, -0.15) is 13.2 Å². The molecule has 0 aliphatic carbocycles. The van der Waals surface area contributed by atoms with E-state index in [0.717, 1.165) is 4.90 Å². The summed E-state index contributed by atoms with van der Waals surface area (Å²) in [6.45, 7) is 5.19. The standard InChI is InChI=1S/C7H16F3NOSi/c1-11(2)6(7(8,9)10)12-13(3,4)5/h6H,1-5H3. The average Bonchev–Trinajstić information content (AvgIpc) is 1.77. The van der Waals surface area contributed by atoms with Crippen LogP contribution in [0.2, 0.25) is 19.6 Å². The van der Waals surface area contributed by atoms with E-state index < -0.39 is 20.7 Å². The highest BCUT2D eigenvalue weighted by atomic mass is 28.4. The molecule has 80 valence electrons. The molecule has 0 aromatic heterocycles. The molecule has 1 atom stereocenters. The first kappa shape index (κ1) is 12.9. The van der Waals surface area contributed by atoms with Crippen LogP contribution >= 0.6 is 0 Å². The highest BCUT2D eigenvalue weighted by Crippen LogP contribution is 2.26. The Labute approximate surface area is 77.8 Å². The third-order valence-electron chi connectivity index (χ3n) is 1.21. The van der Waals surface area contributed by atoms with Crippen LogP contribution < -0.4 is 0 Å². The van der Waals surface area contributed by atoms with Gasteiger partial charge < -0.3 is 4.43 Å². The zero-order valence-electron chi connectivity index (χ0n) is 8.57. The molecule has 0 saturated carbocycles. The minimum atomic E-state index is -4.32. The first-order valence-corrected chi connectivity index (χ1v) is 7.36. The molecule has 0 aromatic carbocycles. The maximum absolute atomic E-state index is 12.4.